The van der Waals surface area contributed by atoms with E-state index in [0.717, 1.165) is 0 Å². The monoisotopic (exact) mass is 193 g/mol. The van der Waals surface area contributed by atoms with Crippen molar-refractivity contribution >= 4 is 5.78 Å². The van der Waals surface area contributed by atoms with Crippen molar-refractivity contribution in [3.05, 3.63) is 30.1 Å². The van der Waals surface area contributed by atoms with E-state index >= 15 is 0 Å². The lowest BCUT2D eigenvalue weighted by Crippen LogP contribution is -2.30. The maximum atomic E-state index is 11.8. The average molecular weight is 193 g/mol. The number of ether oxygens (including phenoxy) is 2. The van der Waals surface area contributed by atoms with Crippen LogP contribution in [0.15, 0.2) is 24.5 Å². The van der Waals surface area contributed by atoms with Crippen LogP contribution in [-0.2, 0) is 9.47 Å². The molecule has 4 heteroatoms. The molecule has 0 saturated carbocycles. The summed E-state index contributed by atoms with van der Waals surface area (Å²) in [5.74, 6) is -0.113. The largest absolute Gasteiger partial charge is 0.355 e. The Morgan fingerprint density at radius 3 is 2.57 bits per heavy atom. The molecule has 1 aromatic rings. The Morgan fingerprint density at radius 2 is 1.93 bits per heavy atom. The Kier molecular flexibility index (Phi) is 2.86. The SMILES string of the molecule is O=C(c1ccncc1)C1COCOC1. The minimum absolute atomic E-state index is 0.0621. The first-order valence-corrected chi connectivity index (χ1v) is 4.47. The number of Topliss-reactive ketones (excluding diaryl/α,β-unsaturated/α-hetero) is 1. The van der Waals surface area contributed by atoms with Crippen LogP contribution < -0.4 is 0 Å². The summed E-state index contributed by atoms with van der Waals surface area (Å²) >= 11 is 0. The molecule has 0 aromatic carbocycles. The molecule has 0 bridgehead atoms. The summed E-state index contributed by atoms with van der Waals surface area (Å²) < 4.78 is 10.1. The lowest BCUT2D eigenvalue weighted by Gasteiger charge is -2.20. The third-order valence-electron chi connectivity index (χ3n) is 2.14. The van der Waals surface area contributed by atoms with Crippen LogP contribution in [0.5, 0.6) is 0 Å². The zero-order valence-corrected chi connectivity index (χ0v) is 7.68. The number of rotatable bonds is 2. The van der Waals surface area contributed by atoms with Crippen molar-refractivity contribution in [3.63, 3.8) is 0 Å². The highest BCUT2D eigenvalue weighted by Gasteiger charge is 2.23. The van der Waals surface area contributed by atoms with Crippen LogP contribution in [0.2, 0.25) is 0 Å². The third kappa shape index (κ3) is 1.97. The number of nitrogens with zero attached hydrogens (tertiary/aromatic N) is 1. The minimum Gasteiger partial charge on any atom is -0.355 e. The fourth-order valence-electron chi connectivity index (χ4n) is 1.39. The van der Waals surface area contributed by atoms with Crippen LogP contribution >= 0.6 is 0 Å². The predicted molar refractivity (Wildman–Crippen MR) is 48.8 cm³/mol. The Morgan fingerprint density at radius 1 is 1.29 bits per heavy atom. The maximum absolute atomic E-state index is 11.8. The normalized spacial score (nSPS) is 18.0. The van der Waals surface area contributed by atoms with Crippen molar-refractivity contribution in [2.75, 3.05) is 20.0 Å². The Balaban J connectivity index is 2.07. The molecule has 74 valence electrons. The molecule has 14 heavy (non-hydrogen) atoms. The number of ketones is 1. The van der Waals surface area contributed by atoms with E-state index in [0.29, 0.717) is 25.6 Å². The standard InChI is InChI=1S/C10H11NO3/c12-10(8-1-3-11-4-2-8)9-5-13-7-14-6-9/h1-4,9H,5-7H2. The van der Waals surface area contributed by atoms with Crippen molar-refractivity contribution in [2.45, 2.75) is 0 Å². The number of pyridine rings is 1. The Labute approximate surface area is 81.9 Å². The van der Waals surface area contributed by atoms with E-state index in [1.807, 2.05) is 0 Å². The van der Waals surface area contributed by atoms with Gasteiger partial charge in [0.25, 0.3) is 0 Å². The molecule has 1 fully saturated rings. The van der Waals surface area contributed by atoms with E-state index in [4.69, 9.17) is 9.47 Å². The lowest BCUT2D eigenvalue weighted by atomic mass is 10.00. The zero-order chi connectivity index (χ0) is 9.80. The Bertz CT molecular complexity index is 306. The number of aromatic nitrogens is 1. The van der Waals surface area contributed by atoms with E-state index in [-0.39, 0.29) is 11.7 Å². The van der Waals surface area contributed by atoms with Crippen LogP contribution in [-0.4, -0.2) is 30.8 Å². The highest BCUT2D eigenvalue weighted by atomic mass is 16.7. The van der Waals surface area contributed by atoms with Crippen LogP contribution in [0.25, 0.3) is 0 Å². The maximum Gasteiger partial charge on any atom is 0.170 e. The first-order chi connectivity index (χ1) is 6.88. The first kappa shape index (κ1) is 9.30. The molecule has 1 aliphatic heterocycles. The number of hydrogen-bond acceptors (Lipinski definition) is 4. The van der Waals surface area contributed by atoms with Crippen molar-refractivity contribution in [1.29, 1.82) is 0 Å². The molecule has 2 rings (SSSR count). The van der Waals surface area contributed by atoms with Gasteiger partial charge in [-0.3, -0.25) is 9.78 Å². The second kappa shape index (κ2) is 4.30. The first-order valence-electron chi connectivity index (χ1n) is 4.47. The molecule has 0 unspecified atom stereocenters. The molecule has 1 aromatic heterocycles. The molecule has 1 saturated heterocycles. The summed E-state index contributed by atoms with van der Waals surface area (Å²) in [7, 11) is 0. The van der Waals surface area contributed by atoms with E-state index in [9.17, 15) is 4.79 Å². The quantitative estimate of drug-likeness (QED) is 0.654. The average Bonchev–Trinajstić information content (AvgIpc) is 2.30. The van der Waals surface area contributed by atoms with Crippen LogP contribution in [0.3, 0.4) is 0 Å². The van der Waals surface area contributed by atoms with E-state index < -0.39 is 0 Å². The summed E-state index contributed by atoms with van der Waals surface area (Å²) in [5.41, 5.74) is 0.666. The van der Waals surface area contributed by atoms with Gasteiger partial charge < -0.3 is 9.47 Å². The van der Waals surface area contributed by atoms with E-state index in [1.54, 1.807) is 24.5 Å². The van der Waals surface area contributed by atoms with Crippen molar-refractivity contribution < 1.29 is 14.3 Å². The van der Waals surface area contributed by atoms with Crippen molar-refractivity contribution in [1.82, 2.24) is 4.98 Å². The summed E-state index contributed by atoms with van der Waals surface area (Å²) in [6.45, 7) is 1.18. The summed E-state index contributed by atoms with van der Waals surface area (Å²) in [5, 5.41) is 0. The predicted octanol–water partition coefficient (Wildman–Crippen LogP) is 0.885. The second-order valence-corrected chi connectivity index (χ2v) is 3.16. The van der Waals surface area contributed by atoms with Gasteiger partial charge in [-0.2, -0.15) is 0 Å². The van der Waals surface area contributed by atoms with Gasteiger partial charge in [0, 0.05) is 18.0 Å². The van der Waals surface area contributed by atoms with Gasteiger partial charge in [0.1, 0.15) is 6.79 Å². The third-order valence-corrected chi connectivity index (χ3v) is 2.14. The van der Waals surface area contributed by atoms with Gasteiger partial charge in [-0.25, -0.2) is 0 Å². The zero-order valence-electron chi connectivity index (χ0n) is 7.68. The lowest BCUT2D eigenvalue weighted by molar-refractivity contribution is -0.116. The second-order valence-electron chi connectivity index (χ2n) is 3.16. The van der Waals surface area contributed by atoms with Crippen LogP contribution in [0.4, 0.5) is 0 Å². The molecule has 0 amide bonds. The molecule has 0 spiro atoms. The number of carbonyl (C=O) groups excluding carboxylic acids is 1. The van der Waals surface area contributed by atoms with Gasteiger partial charge in [0.2, 0.25) is 0 Å². The van der Waals surface area contributed by atoms with E-state index in [2.05, 4.69) is 4.98 Å². The summed E-state index contributed by atoms with van der Waals surface area (Å²) in [6.07, 6.45) is 3.22. The summed E-state index contributed by atoms with van der Waals surface area (Å²) in [6, 6.07) is 3.41. The molecule has 2 heterocycles. The smallest absolute Gasteiger partial charge is 0.170 e. The van der Waals surface area contributed by atoms with Gasteiger partial charge >= 0.3 is 0 Å². The van der Waals surface area contributed by atoms with E-state index in [1.165, 1.54) is 0 Å². The molecule has 0 N–H and O–H groups in total. The fraction of sp³-hybridized carbons (Fsp3) is 0.400. The highest BCUT2D eigenvalue weighted by molar-refractivity contribution is 5.97. The Hall–Kier alpha value is -1.26. The van der Waals surface area contributed by atoms with Crippen molar-refractivity contribution in [2.24, 2.45) is 5.92 Å². The molecule has 0 atom stereocenters. The van der Waals surface area contributed by atoms with Gasteiger partial charge in [0.05, 0.1) is 19.1 Å². The molecular formula is C10H11NO3. The van der Waals surface area contributed by atoms with Crippen molar-refractivity contribution in [3.8, 4) is 0 Å². The molecular weight excluding hydrogens is 182 g/mol. The molecule has 1 aliphatic rings. The van der Waals surface area contributed by atoms with Gasteiger partial charge in [-0.05, 0) is 12.1 Å². The number of hydrogen-bond donors (Lipinski definition) is 0. The highest BCUT2D eigenvalue weighted by Crippen LogP contribution is 2.12. The minimum atomic E-state index is -0.175. The van der Waals surface area contributed by atoms with Gasteiger partial charge in [-0.1, -0.05) is 0 Å². The van der Waals surface area contributed by atoms with Gasteiger partial charge in [-0.15, -0.1) is 0 Å². The van der Waals surface area contributed by atoms with Crippen LogP contribution in [0.1, 0.15) is 10.4 Å². The molecule has 0 aliphatic carbocycles. The summed E-state index contributed by atoms with van der Waals surface area (Å²) in [4.78, 5) is 15.7. The van der Waals surface area contributed by atoms with Crippen LogP contribution in [0, 0.1) is 5.92 Å². The number of carbonyl (C=O) groups is 1. The molecule has 4 nitrogen and oxygen atoms in total. The van der Waals surface area contributed by atoms with Gasteiger partial charge in [0.15, 0.2) is 5.78 Å². The molecule has 0 radical (unpaired) electrons. The fourth-order valence-corrected chi connectivity index (χ4v) is 1.39. The topological polar surface area (TPSA) is 48.4 Å².